The standard InChI is InChI=1S/C15H21NO4S/c1-12-8-9-14(16-21(2,17)18)15(20-12)11-19-10-13-6-4-3-5-7-13/h3-9,12,14-16H,10-11H2,1-2H3/t12-,14+,15+/m0/s1. The first-order chi connectivity index (χ1) is 9.94. The molecule has 1 aromatic rings. The van der Waals surface area contributed by atoms with Crippen LogP contribution in [0.5, 0.6) is 0 Å². The number of nitrogens with one attached hydrogen (secondary N) is 1. The average molecular weight is 311 g/mol. The molecule has 0 aromatic heterocycles. The first kappa shape index (κ1) is 16.2. The Morgan fingerprint density at radius 2 is 1.95 bits per heavy atom. The highest BCUT2D eigenvalue weighted by Gasteiger charge is 2.27. The number of sulfonamides is 1. The third kappa shape index (κ3) is 5.59. The van der Waals surface area contributed by atoms with Crippen molar-refractivity contribution in [1.82, 2.24) is 4.72 Å². The van der Waals surface area contributed by atoms with Crippen LogP contribution >= 0.6 is 0 Å². The summed E-state index contributed by atoms with van der Waals surface area (Å²) in [4.78, 5) is 0. The fraction of sp³-hybridized carbons (Fsp3) is 0.467. The molecular formula is C15H21NO4S. The fourth-order valence-electron chi connectivity index (χ4n) is 2.18. The summed E-state index contributed by atoms with van der Waals surface area (Å²) in [5.41, 5.74) is 1.07. The van der Waals surface area contributed by atoms with Gasteiger partial charge in [-0.1, -0.05) is 42.5 Å². The Bertz CT molecular complexity index is 571. The minimum absolute atomic E-state index is 0.0482. The molecule has 0 fully saturated rings. The summed E-state index contributed by atoms with van der Waals surface area (Å²) in [5.74, 6) is 0. The first-order valence-corrected chi connectivity index (χ1v) is 8.76. The van der Waals surface area contributed by atoms with E-state index in [4.69, 9.17) is 9.47 Å². The van der Waals surface area contributed by atoms with Crippen LogP contribution in [0.15, 0.2) is 42.5 Å². The highest BCUT2D eigenvalue weighted by Crippen LogP contribution is 2.15. The van der Waals surface area contributed by atoms with Crippen molar-refractivity contribution in [3.05, 3.63) is 48.0 Å². The molecule has 1 aliphatic heterocycles. The van der Waals surface area contributed by atoms with Crippen LogP contribution in [0.1, 0.15) is 12.5 Å². The lowest BCUT2D eigenvalue weighted by Crippen LogP contribution is -2.48. The molecule has 6 heteroatoms. The molecule has 2 rings (SSSR count). The van der Waals surface area contributed by atoms with Gasteiger partial charge >= 0.3 is 0 Å². The van der Waals surface area contributed by atoms with Crippen LogP contribution < -0.4 is 4.72 Å². The van der Waals surface area contributed by atoms with Crippen molar-refractivity contribution < 1.29 is 17.9 Å². The summed E-state index contributed by atoms with van der Waals surface area (Å²) in [6.45, 7) is 2.72. The maximum atomic E-state index is 11.4. The van der Waals surface area contributed by atoms with Gasteiger partial charge in [-0.25, -0.2) is 13.1 Å². The van der Waals surface area contributed by atoms with Gasteiger partial charge in [0, 0.05) is 0 Å². The molecule has 0 radical (unpaired) electrons. The molecule has 0 saturated heterocycles. The van der Waals surface area contributed by atoms with Gasteiger partial charge in [-0.15, -0.1) is 0 Å². The van der Waals surface area contributed by atoms with E-state index < -0.39 is 16.1 Å². The van der Waals surface area contributed by atoms with Crippen molar-refractivity contribution in [3.63, 3.8) is 0 Å². The van der Waals surface area contributed by atoms with E-state index in [9.17, 15) is 8.42 Å². The predicted molar refractivity (Wildman–Crippen MR) is 81.3 cm³/mol. The number of ether oxygens (including phenoxy) is 2. The van der Waals surface area contributed by atoms with E-state index >= 15 is 0 Å². The molecule has 1 N–H and O–H groups in total. The van der Waals surface area contributed by atoms with Gasteiger partial charge in [-0.2, -0.15) is 0 Å². The van der Waals surface area contributed by atoms with Crippen molar-refractivity contribution in [3.8, 4) is 0 Å². The highest BCUT2D eigenvalue weighted by atomic mass is 32.2. The molecule has 0 saturated carbocycles. The summed E-state index contributed by atoms with van der Waals surface area (Å²) >= 11 is 0. The highest BCUT2D eigenvalue weighted by molar-refractivity contribution is 7.88. The van der Waals surface area contributed by atoms with Crippen LogP contribution in [-0.4, -0.2) is 39.5 Å². The van der Waals surface area contributed by atoms with E-state index in [1.54, 1.807) is 0 Å². The van der Waals surface area contributed by atoms with Crippen LogP contribution in [0.4, 0.5) is 0 Å². The third-order valence-electron chi connectivity index (χ3n) is 3.12. The van der Waals surface area contributed by atoms with Gasteiger partial charge in [-0.3, -0.25) is 0 Å². The van der Waals surface area contributed by atoms with Gasteiger partial charge < -0.3 is 9.47 Å². The van der Waals surface area contributed by atoms with Crippen molar-refractivity contribution in [1.29, 1.82) is 0 Å². The van der Waals surface area contributed by atoms with Crippen molar-refractivity contribution in [2.24, 2.45) is 0 Å². The van der Waals surface area contributed by atoms with E-state index in [1.807, 2.05) is 49.4 Å². The second-order valence-corrected chi connectivity index (χ2v) is 6.96. The Hall–Kier alpha value is -1.21. The predicted octanol–water partition coefficient (Wildman–Crippen LogP) is 1.46. The van der Waals surface area contributed by atoms with Crippen molar-refractivity contribution >= 4 is 10.0 Å². The van der Waals surface area contributed by atoms with Crippen LogP contribution in [-0.2, 0) is 26.1 Å². The van der Waals surface area contributed by atoms with Gasteiger partial charge in [-0.05, 0) is 12.5 Å². The molecule has 0 amide bonds. The molecule has 1 heterocycles. The Morgan fingerprint density at radius 3 is 2.62 bits per heavy atom. The van der Waals surface area contributed by atoms with Gasteiger partial charge in [0.15, 0.2) is 0 Å². The monoisotopic (exact) mass is 311 g/mol. The zero-order valence-corrected chi connectivity index (χ0v) is 13.0. The van der Waals surface area contributed by atoms with Crippen LogP contribution in [0.2, 0.25) is 0 Å². The molecule has 5 nitrogen and oxygen atoms in total. The maximum Gasteiger partial charge on any atom is 0.209 e. The van der Waals surface area contributed by atoms with Gasteiger partial charge in [0.05, 0.1) is 31.6 Å². The molecule has 3 atom stereocenters. The van der Waals surface area contributed by atoms with Gasteiger partial charge in [0.25, 0.3) is 0 Å². The number of hydrogen-bond donors (Lipinski definition) is 1. The van der Waals surface area contributed by atoms with E-state index in [-0.39, 0.29) is 12.2 Å². The number of benzene rings is 1. The molecule has 21 heavy (non-hydrogen) atoms. The van der Waals surface area contributed by atoms with Gasteiger partial charge in [0.2, 0.25) is 10.0 Å². The molecule has 0 spiro atoms. The second-order valence-electron chi connectivity index (χ2n) is 5.18. The molecule has 116 valence electrons. The summed E-state index contributed by atoms with van der Waals surface area (Å²) < 4.78 is 36.7. The summed E-state index contributed by atoms with van der Waals surface area (Å²) in [7, 11) is -3.29. The molecule has 1 aliphatic rings. The SMILES string of the molecule is C[C@H]1C=C[C@@H](NS(C)(=O)=O)[C@@H](COCc2ccccc2)O1. The van der Waals surface area contributed by atoms with E-state index in [0.717, 1.165) is 11.8 Å². The molecule has 1 aromatic carbocycles. The topological polar surface area (TPSA) is 64.6 Å². The third-order valence-corrected chi connectivity index (χ3v) is 3.82. The normalized spacial score (nSPS) is 25.9. The second kappa shape index (κ2) is 7.17. The fourth-order valence-corrected chi connectivity index (χ4v) is 2.90. The molecule has 0 unspecified atom stereocenters. The minimum Gasteiger partial charge on any atom is -0.374 e. The summed E-state index contributed by atoms with van der Waals surface area (Å²) in [5, 5.41) is 0. The van der Waals surface area contributed by atoms with Crippen molar-refractivity contribution in [2.75, 3.05) is 12.9 Å². The van der Waals surface area contributed by atoms with E-state index in [2.05, 4.69) is 4.72 Å². The Kier molecular flexibility index (Phi) is 5.52. The van der Waals surface area contributed by atoms with Gasteiger partial charge in [0.1, 0.15) is 6.10 Å². The van der Waals surface area contributed by atoms with Crippen LogP contribution in [0.25, 0.3) is 0 Å². The van der Waals surface area contributed by atoms with E-state index in [1.165, 1.54) is 0 Å². The average Bonchev–Trinajstić information content (AvgIpc) is 2.42. The Morgan fingerprint density at radius 1 is 1.24 bits per heavy atom. The lowest BCUT2D eigenvalue weighted by molar-refractivity contribution is -0.0533. The lowest BCUT2D eigenvalue weighted by Gasteiger charge is -2.31. The molecule has 0 bridgehead atoms. The number of rotatable bonds is 6. The maximum absolute atomic E-state index is 11.4. The van der Waals surface area contributed by atoms with Crippen LogP contribution in [0.3, 0.4) is 0 Å². The summed E-state index contributed by atoms with van der Waals surface area (Å²) in [6, 6.07) is 9.43. The van der Waals surface area contributed by atoms with Crippen molar-refractivity contribution in [2.45, 2.75) is 31.8 Å². The van der Waals surface area contributed by atoms with Crippen LogP contribution in [0, 0.1) is 0 Å². The molecule has 0 aliphatic carbocycles. The largest absolute Gasteiger partial charge is 0.374 e. The number of hydrogen-bond acceptors (Lipinski definition) is 4. The zero-order chi connectivity index (χ0) is 15.3. The minimum atomic E-state index is -3.29. The first-order valence-electron chi connectivity index (χ1n) is 6.87. The Labute approximate surface area is 126 Å². The quantitative estimate of drug-likeness (QED) is 0.808. The van der Waals surface area contributed by atoms with E-state index in [0.29, 0.717) is 13.2 Å². The smallest absolute Gasteiger partial charge is 0.209 e. The lowest BCUT2D eigenvalue weighted by atomic mass is 10.1. The Balaban J connectivity index is 1.91. The summed E-state index contributed by atoms with van der Waals surface area (Å²) in [6.07, 6.45) is 4.43. The zero-order valence-electron chi connectivity index (χ0n) is 12.2. The molecular weight excluding hydrogens is 290 g/mol.